The van der Waals surface area contributed by atoms with Crippen molar-refractivity contribution in [3.8, 4) is 0 Å². The van der Waals surface area contributed by atoms with Crippen molar-refractivity contribution in [2.24, 2.45) is 0 Å². The van der Waals surface area contributed by atoms with Crippen LogP contribution in [0.5, 0.6) is 0 Å². The zero-order chi connectivity index (χ0) is 6.95. The molecule has 0 bridgehead atoms. The first-order valence-corrected chi connectivity index (χ1v) is 3.86. The summed E-state index contributed by atoms with van der Waals surface area (Å²) >= 11 is 0. The Bertz CT molecular complexity index is 43.0. The molecular weight excluding hydrogens is 375 g/mol. The number of hydrogen-bond donors (Lipinski definition) is 0. The molecule has 0 heterocycles. The summed E-state index contributed by atoms with van der Waals surface area (Å²) in [5.74, 6) is 0. The van der Waals surface area contributed by atoms with Crippen LogP contribution >= 0.6 is 0 Å². The Morgan fingerprint density at radius 2 is 1.00 bits per heavy atom. The Kier molecular flexibility index (Phi) is 48.7. The fourth-order valence-corrected chi connectivity index (χ4v) is 0.665. The summed E-state index contributed by atoms with van der Waals surface area (Å²) in [6.07, 6.45) is 11.6. The van der Waals surface area contributed by atoms with Crippen molar-refractivity contribution in [1.82, 2.24) is 0 Å². The van der Waals surface area contributed by atoms with Crippen molar-refractivity contribution in [2.75, 3.05) is 0 Å². The zero-order valence-corrected chi connectivity index (χ0v) is 16.8. The van der Waals surface area contributed by atoms with Crippen LogP contribution in [0.2, 0.25) is 0 Å². The van der Waals surface area contributed by atoms with Gasteiger partial charge in [0.2, 0.25) is 0 Å². The molecule has 0 spiro atoms. The Morgan fingerprint density at radius 3 is 1.25 bits per heavy atom. The van der Waals surface area contributed by atoms with Crippen molar-refractivity contribution in [2.45, 2.75) is 39.5 Å². The summed E-state index contributed by atoms with van der Waals surface area (Å²) in [4.78, 5) is 0. The maximum Gasteiger partial charge on any atom is 0 e. The predicted molar refractivity (Wildman–Crippen MR) is 42.7 cm³/mol. The molecule has 0 amide bonds. The third-order valence-corrected chi connectivity index (χ3v) is 1.24. The van der Waals surface area contributed by atoms with Gasteiger partial charge in [-0.15, -0.1) is 0 Å². The topological polar surface area (TPSA) is 0 Å². The SMILES string of the molecule is CC[CH-]C[CH-]C[CH-]CC.[Y].[Y].[Y]. The fraction of sp³-hybridized carbons (Fsp3) is 0.667. The van der Waals surface area contributed by atoms with E-state index in [-0.39, 0.29) is 98.1 Å². The number of hydrogen-bond acceptors (Lipinski definition) is 0. The van der Waals surface area contributed by atoms with Gasteiger partial charge in [-0.05, 0) is 0 Å². The van der Waals surface area contributed by atoms with E-state index in [9.17, 15) is 0 Å². The monoisotopic (exact) mass is 392 g/mol. The summed E-state index contributed by atoms with van der Waals surface area (Å²) in [6.45, 7) is 4.36. The van der Waals surface area contributed by atoms with E-state index in [2.05, 4.69) is 33.1 Å². The molecule has 0 saturated heterocycles. The summed E-state index contributed by atoms with van der Waals surface area (Å²) in [7, 11) is 0. The Labute approximate surface area is 154 Å². The molecule has 0 aliphatic carbocycles. The van der Waals surface area contributed by atoms with Gasteiger partial charge in [-0.25, -0.2) is 0 Å². The van der Waals surface area contributed by atoms with Crippen molar-refractivity contribution >= 4 is 0 Å². The molecule has 12 heavy (non-hydrogen) atoms. The number of unbranched alkanes of at least 4 members (excludes halogenated alkanes) is 6. The van der Waals surface area contributed by atoms with Crippen molar-refractivity contribution in [1.29, 1.82) is 0 Å². The van der Waals surface area contributed by atoms with Crippen molar-refractivity contribution in [3.63, 3.8) is 0 Å². The van der Waals surface area contributed by atoms with Crippen LogP contribution in [-0.4, -0.2) is 0 Å². The van der Waals surface area contributed by atoms with Gasteiger partial charge in [0.25, 0.3) is 0 Å². The fourth-order valence-electron chi connectivity index (χ4n) is 0.665. The van der Waals surface area contributed by atoms with Gasteiger partial charge in [0.1, 0.15) is 0 Å². The minimum atomic E-state index is 0. The van der Waals surface area contributed by atoms with E-state index in [1.807, 2.05) is 0 Å². The van der Waals surface area contributed by atoms with Crippen LogP contribution < -0.4 is 0 Å². The van der Waals surface area contributed by atoms with Crippen molar-refractivity contribution < 1.29 is 98.1 Å². The second-order valence-corrected chi connectivity index (χ2v) is 2.15. The average Bonchev–Trinajstić information content (AvgIpc) is 1.89. The molecule has 0 aromatic heterocycles. The van der Waals surface area contributed by atoms with Gasteiger partial charge < -0.3 is 32.1 Å². The molecule has 3 radical (unpaired) electrons. The molecule has 0 fully saturated rings. The standard InChI is InChI=1S/C9H17.3Y/c1-3-5-7-9-8-6-4-2;;;/h5-6,9H,3-4,7-8H2,1-2H3;;;/q-3;;;. The summed E-state index contributed by atoms with van der Waals surface area (Å²) < 4.78 is 0. The Balaban J connectivity index is -0.000000107. The van der Waals surface area contributed by atoms with Gasteiger partial charge in [-0.1, -0.05) is 13.8 Å². The maximum atomic E-state index is 2.31. The third kappa shape index (κ3) is 23.3. The molecule has 0 aromatic rings. The van der Waals surface area contributed by atoms with Gasteiger partial charge in [0.05, 0.1) is 0 Å². The molecule has 0 N–H and O–H groups in total. The molecule has 0 aliphatic heterocycles. The van der Waals surface area contributed by atoms with E-state index >= 15 is 0 Å². The van der Waals surface area contributed by atoms with E-state index in [4.69, 9.17) is 0 Å². The molecule has 0 unspecified atom stereocenters. The largest absolute Gasteiger partial charge is 0.386 e. The minimum Gasteiger partial charge on any atom is -0.386 e. The van der Waals surface area contributed by atoms with E-state index < -0.39 is 0 Å². The smallest absolute Gasteiger partial charge is 0 e. The Morgan fingerprint density at radius 1 is 0.667 bits per heavy atom. The summed E-state index contributed by atoms with van der Waals surface area (Å²) in [6, 6.07) is 0. The molecule has 0 atom stereocenters. The zero-order valence-electron chi connectivity index (χ0n) is 8.29. The minimum absolute atomic E-state index is 0. The van der Waals surface area contributed by atoms with Crippen LogP contribution in [0.3, 0.4) is 0 Å². The molecule has 0 nitrogen and oxygen atoms in total. The third-order valence-electron chi connectivity index (χ3n) is 1.24. The molecule has 0 saturated carbocycles. The van der Waals surface area contributed by atoms with Gasteiger partial charge in [-0.2, -0.15) is 12.8 Å². The molecular formula is C9H17Y3-3. The first-order chi connectivity index (χ1) is 4.41. The van der Waals surface area contributed by atoms with E-state index in [0.29, 0.717) is 0 Å². The summed E-state index contributed by atoms with van der Waals surface area (Å²) in [5.41, 5.74) is 0. The van der Waals surface area contributed by atoms with E-state index in [1.54, 1.807) is 0 Å². The molecule has 0 aromatic carbocycles. The summed E-state index contributed by atoms with van der Waals surface area (Å²) in [5, 5.41) is 0. The van der Waals surface area contributed by atoms with Gasteiger partial charge in [-0.3, -0.25) is 0 Å². The predicted octanol–water partition coefficient (Wildman–Crippen LogP) is 3.19. The van der Waals surface area contributed by atoms with Crippen LogP contribution in [0.4, 0.5) is 0 Å². The quantitative estimate of drug-likeness (QED) is 0.482. The molecule has 3 heteroatoms. The molecule has 65 valence electrons. The maximum absolute atomic E-state index is 2.31. The van der Waals surface area contributed by atoms with Gasteiger partial charge in [0, 0.05) is 98.1 Å². The van der Waals surface area contributed by atoms with Crippen LogP contribution in [0.15, 0.2) is 0 Å². The second-order valence-electron chi connectivity index (χ2n) is 2.15. The van der Waals surface area contributed by atoms with Gasteiger partial charge >= 0.3 is 0 Å². The van der Waals surface area contributed by atoms with Crippen LogP contribution in [-0.2, 0) is 98.1 Å². The first-order valence-electron chi connectivity index (χ1n) is 3.86. The van der Waals surface area contributed by atoms with E-state index in [1.165, 1.54) is 25.7 Å². The van der Waals surface area contributed by atoms with Crippen LogP contribution in [0.1, 0.15) is 39.5 Å². The normalized spacial score (nSPS) is 7.50. The molecule has 0 rings (SSSR count). The van der Waals surface area contributed by atoms with E-state index in [0.717, 1.165) is 0 Å². The van der Waals surface area contributed by atoms with Gasteiger partial charge in [0.15, 0.2) is 0 Å². The Hall–Kier alpha value is 3.31. The first kappa shape index (κ1) is 24.5. The average molecular weight is 392 g/mol. The van der Waals surface area contributed by atoms with Crippen LogP contribution in [0, 0.1) is 19.3 Å². The van der Waals surface area contributed by atoms with Crippen molar-refractivity contribution in [3.05, 3.63) is 19.3 Å². The number of rotatable bonds is 6. The second kappa shape index (κ2) is 23.9. The van der Waals surface area contributed by atoms with Crippen LogP contribution in [0.25, 0.3) is 0 Å². The molecule has 0 aliphatic rings.